The van der Waals surface area contributed by atoms with Crippen molar-refractivity contribution >= 4 is 23.6 Å². The Morgan fingerprint density at radius 3 is 2.82 bits per heavy atom. The quantitative estimate of drug-likeness (QED) is 0.550. The van der Waals surface area contributed by atoms with E-state index >= 15 is 0 Å². The first-order chi connectivity index (χ1) is 13.3. The average Bonchev–Trinajstić information content (AvgIpc) is 2.62. The number of ether oxygens (including phenoxy) is 2. The minimum Gasteiger partial charge on any atom is -0.457 e. The molecule has 150 valence electrons. The minimum atomic E-state index is -0.511. The molecular formula is C21H25ClFN3O2. The van der Waals surface area contributed by atoms with Crippen molar-refractivity contribution in [2.24, 2.45) is 4.99 Å². The van der Waals surface area contributed by atoms with Gasteiger partial charge in [-0.3, -0.25) is 0 Å². The Kier molecular flexibility index (Phi) is 6.23. The molecule has 2 N–H and O–H groups in total. The highest BCUT2D eigenvalue weighted by Crippen LogP contribution is 2.32. The van der Waals surface area contributed by atoms with Gasteiger partial charge in [0.1, 0.15) is 23.0 Å². The molecule has 0 amide bonds. The van der Waals surface area contributed by atoms with Gasteiger partial charge in [-0.25, -0.2) is 9.38 Å². The van der Waals surface area contributed by atoms with Crippen LogP contribution in [0.1, 0.15) is 25.0 Å². The summed E-state index contributed by atoms with van der Waals surface area (Å²) in [5.41, 5.74) is 2.16. The van der Waals surface area contributed by atoms with Crippen LogP contribution >= 0.6 is 11.6 Å². The van der Waals surface area contributed by atoms with E-state index in [4.69, 9.17) is 21.1 Å². The normalized spacial score (nSPS) is 22.4. The van der Waals surface area contributed by atoms with Crippen LogP contribution in [-0.4, -0.2) is 31.3 Å². The lowest BCUT2D eigenvalue weighted by Gasteiger charge is -2.37. The fourth-order valence-electron chi connectivity index (χ4n) is 3.06. The number of rotatable bonds is 5. The van der Waals surface area contributed by atoms with Crippen LogP contribution in [0.5, 0.6) is 11.5 Å². The molecule has 0 aliphatic carbocycles. The van der Waals surface area contributed by atoms with Gasteiger partial charge < -0.3 is 20.1 Å². The Morgan fingerprint density at radius 1 is 1.32 bits per heavy atom. The highest BCUT2D eigenvalue weighted by atomic mass is 35.5. The van der Waals surface area contributed by atoms with Crippen molar-refractivity contribution in [3.63, 3.8) is 0 Å². The number of aryl methyl sites for hydroxylation is 2. The van der Waals surface area contributed by atoms with Crippen LogP contribution in [0.4, 0.5) is 10.1 Å². The number of hydrogen-bond donors (Lipinski definition) is 2. The largest absolute Gasteiger partial charge is 0.457 e. The van der Waals surface area contributed by atoms with Crippen molar-refractivity contribution in [3.05, 3.63) is 52.3 Å². The minimum absolute atomic E-state index is 0.0673. The summed E-state index contributed by atoms with van der Waals surface area (Å²) in [6.07, 6.45) is 1.80. The van der Waals surface area contributed by atoms with E-state index < -0.39 is 11.5 Å². The zero-order valence-corrected chi connectivity index (χ0v) is 17.2. The molecule has 7 heteroatoms. The van der Waals surface area contributed by atoms with Gasteiger partial charge in [0.2, 0.25) is 0 Å². The number of benzene rings is 2. The van der Waals surface area contributed by atoms with Crippen molar-refractivity contribution in [2.45, 2.75) is 39.5 Å². The summed E-state index contributed by atoms with van der Waals surface area (Å²) in [6.45, 7) is 9.43. The van der Waals surface area contributed by atoms with Gasteiger partial charge >= 0.3 is 0 Å². The summed E-state index contributed by atoms with van der Waals surface area (Å²) in [5, 5.41) is 6.63. The van der Waals surface area contributed by atoms with Gasteiger partial charge in [-0.05, 0) is 63.1 Å². The predicted octanol–water partition coefficient (Wildman–Crippen LogP) is 4.86. The molecule has 1 aliphatic rings. The summed E-state index contributed by atoms with van der Waals surface area (Å²) in [7, 11) is 0. The number of halogens is 2. The number of nitrogens with one attached hydrogen (secondary N) is 2. The molecule has 1 aliphatic heterocycles. The molecule has 1 fully saturated rings. The monoisotopic (exact) mass is 405 g/mol. The van der Waals surface area contributed by atoms with Gasteiger partial charge in [-0.1, -0.05) is 11.6 Å². The molecule has 2 unspecified atom stereocenters. The molecule has 3 rings (SSSR count). The third-order valence-corrected chi connectivity index (χ3v) is 4.85. The van der Waals surface area contributed by atoms with E-state index in [2.05, 4.69) is 15.6 Å². The SMILES string of the molecule is Cc1cc(Oc2ccc(Cl)c(F)c2)c(C)cc1/N=C/NC1(C)CNCC(C)O1. The van der Waals surface area contributed by atoms with Gasteiger partial charge in [0.25, 0.3) is 0 Å². The number of hydrogen-bond acceptors (Lipinski definition) is 4. The summed E-state index contributed by atoms with van der Waals surface area (Å²) in [4.78, 5) is 4.53. The summed E-state index contributed by atoms with van der Waals surface area (Å²) < 4.78 is 25.4. The highest BCUT2D eigenvalue weighted by Gasteiger charge is 2.29. The smallest absolute Gasteiger partial charge is 0.149 e. The zero-order valence-electron chi connectivity index (χ0n) is 16.5. The van der Waals surface area contributed by atoms with Gasteiger partial charge in [-0.2, -0.15) is 0 Å². The Balaban J connectivity index is 1.71. The highest BCUT2D eigenvalue weighted by molar-refractivity contribution is 6.30. The third kappa shape index (κ3) is 5.01. The standard InChI is InChI=1S/C21H25ClFN3O2/c1-13-8-20(27-16-5-6-17(22)18(23)9-16)14(2)7-19(13)25-12-26-21(4)11-24-10-15(3)28-21/h5-9,12,15,24H,10-11H2,1-4H3,(H,25,26). The van der Waals surface area contributed by atoms with Gasteiger partial charge in [0, 0.05) is 19.2 Å². The van der Waals surface area contributed by atoms with Crippen molar-refractivity contribution in [1.29, 1.82) is 0 Å². The predicted molar refractivity (Wildman–Crippen MR) is 111 cm³/mol. The number of aliphatic imine (C=N–C) groups is 1. The fraction of sp³-hybridized carbons (Fsp3) is 0.381. The maximum atomic E-state index is 13.6. The lowest BCUT2D eigenvalue weighted by Crippen LogP contribution is -2.58. The molecule has 0 radical (unpaired) electrons. The van der Waals surface area contributed by atoms with Crippen LogP contribution in [0.15, 0.2) is 35.3 Å². The fourth-order valence-corrected chi connectivity index (χ4v) is 3.17. The molecule has 28 heavy (non-hydrogen) atoms. The molecular weight excluding hydrogens is 381 g/mol. The van der Waals surface area contributed by atoms with Crippen molar-refractivity contribution in [3.8, 4) is 11.5 Å². The van der Waals surface area contributed by atoms with Crippen molar-refractivity contribution < 1.29 is 13.9 Å². The first kappa shape index (κ1) is 20.6. The number of morpholine rings is 1. The molecule has 5 nitrogen and oxygen atoms in total. The maximum Gasteiger partial charge on any atom is 0.149 e. The van der Waals surface area contributed by atoms with Crippen LogP contribution in [0.2, 0.25) is 5.02 Å². The third-order valence-electron chi connectivity index (χ3n) is 4.54. The second kappa shape index (κ2) is 8.47. The zero-order chi connectivity index (χ0) is 20.3. The van der Waals surface area contributed by atoms with E-state index in [9.17, 15) is 4.39 Å². The number of nitrogens with zero attached hydrogens (tertiary/aromatic N) is 1. The van der Waals surface area contributed by atoms with E-state index in [0.717, 1.165) is 23.4 Å². The van der Waals surface area contributed by atoms with Gasteiger partial charge in [-0.15, -0.1) is 0 Å². The topological polar surface area (TPSA) is 54.9 Å². The van der Waals surface area contributed by atoms with E-state index in [1.165, 1.54) is 12.1 Å². The summed E-state index contributed by atoms with van der Waals surface area (Å²) in [5.74, 6) is 0.529. The molecule has 2 atom stereocenters. The molecule has 0 saturated carbocycles. The van der Waals surface area contributed by atoms with E-state index in [0.29, 0.717) is 18.0 Å². The summed E-state index contributed by atoms with van der Waals surface area (Å²) in [6, 6.07) is 8.20. The molecule has 0 spiro atoms. The van der Waals surface area contributed by atoms with E-state index in [1.807, 2.05) is 39.8 Å². The Morgan fingerprint density at radius 2 is 2.11 bits per heavy atom. The van der Waals surface area contributed by atoms with Crippen LogP contribution in [-0.2, 0) is 4.74 Å². The molecule has 1 saturated heterocycles. The molecule has 0 aromatic heterocycles. The molecule has 2 aromatic carbocycles. The average molecular weight is 406 g/mol. The first-order valence-electron chi connectivity index (χ1n) is 9.19. The Bertz CT molecular complexity index is 890. The van der Waals surface area contributed by atoms with Gasteiger partial charge in [0.05, 0.1) is 23.2 Å². The van der Waals surface area contributed by atoms with Crippen molar-refractivity contribution in [2.75, 3.05) is 13.1 Å². The van der Waals surface area contributed by atoms with Crippen LogP contribution in [0.3, 0.4) is 0 Å². The Labute approximate surface area is 169 Å². The molecule has 1 heterocycles. The van der Waals surface area contributed by atoms with E-state index in [1.54, 1.807) is 12.4 Å². The first-order valence-corrected chi connectivity index (χ1v) is 9.56. The molecule has 0 bridgehead atoms. The van der Waals surface area contributed by atoms with Gasteiger partial charge in [0.15, 0.2) is 0 Å². The lowest BCUT2D eigenvalue weighted by molar-refractivity contribution is -0.105. The Hall–Kier alpha value is -2.15. The maximum absolute atomic E-state index is 13.6. The summed E-state index contributed by atoms with van der Waals surface area (Å²) >= 11 is 5.72. The van der Waals surface area contributed by atoms with Crippen LogP contribution in [0, 0.1) is 19.7 Å². The lowest BCUT2D eigenvalue weighted by atomic mass is 10.1. The second-order valence-corrected chi connectivity index (χ2v) is 7.68. The van der Waals surface area contributed by atoms with Crippen molar-refractivity contribution in [1.82, 2.24) is 10.6 Å². The van der Waals surface area contributed by atoms with Crippen LogP contribution < -0.4 is 15.4 Å². The van der Waals surface area contributed by atoms with E-state index in [-0.39, 0.29) is 11.1 Å². The second-order valence-electron chi connectivity index (χ2n) is 7.27. The molecule has 2 aromatic rings. The van der Waals surface area contributed by atoms with Crippen LogP contribution in [0.25, 0.3) is 0 Å².